The summed E-state index contributed by atoms with van der Waals surface area (Å²) in [4.78, 5) is 11.2. The van der Waals surface area contributed by atoms with Crippen molar-refractivity contribution in [2.45, 2.75) is 268 Å². The molecule has 0 radical (unpaired) electrons. The Morgan fingerprint density at radius 3 is 0.840 bits per heavy atom. The van der Waals surface area contributed by atoms with E-state index in [-0.39, 0.29) is 128 Å². The molecule has 7 aliphatic carbocycles. The van der Waals surface area contributed by atoms with Crippen LogP contribution in [0.1, 0.15) is 128 Å². The second-order valence-corrected chi connectivity index (χ2v) is 25.5. The van der Waals surface area contributed by atoms with E-state index in [4.69, 9.17) is 37.9 Å². The molecule has 486 valence electrons. The van der Waals surface area contributed by atoms with Gasteiger partial charge in [-0.15, -0.1) is 0 Å². The number of methoxy groups -OCH3 is 1. The zero-order valence-electron chi connectivity index (χ0n) is 49.9. The smallest absolute Gasteiger partial charge is 0.293 e. The van der Waals surface area contributed by atoms with E-state index in [1.165, 1.54) is 0 Å². The Bertz CT molecular complexity index is 1780. The molecule has 0 heterocycles. The maximum atomic E-state index is 12.3. The summed E-state index contributed by atoms with van der Waals surface area (Å²) in [5.74, 6) is -0.260. The van der Waals surface area contributed by atoms with E-state index >= 15 is 0 Å². The molecule has 0 aliphatic heterocycles. The van der Waals surface area contributed by atoms with Gasteiger partial charge in [0.25, 0.3) is 6.47 Å². The highest BCUT2D eigenvalue weighted by atomic mass is 16.6. The summed E-state index contributed by atoms with van der Waals surface area (Å²) in [7, 11) is 1.61. The first-order valence-corrected chi connectivity index (χ1v) is 28.5. The van der Waals surface area contributed by atoms with Crippen LogP contribution in [0.15, 0.2) is 0 Å². The predicted octanol–water partition coefficient (Wildman–Crippen LogP) is -3.00. The number of carbonyl (C=O) groups excluding carboxylic acids is 1. The predicted molar refractivity (Wildman–Crippen MR) is 295 cm³/mol. The first-order chi connectivity index (χ1) is 34.8. The van der Waals surface area contributed by atoms with Crippen LogP contribution in [-0.4, -0.2) is 238 Å². The summed E-state index contributed by atoms with van der Waals surface area (Å²) >= 11 is 0. The Hall–Kier alpha value is -1.45. The Kier molecular flexibility index (Phi) is 32.5. The van der Waals surface area contributed by atoms with Crippen LogP contribution < -0.4 is 0 Å². The summed E-state index contributed by atoms with van der Waals surface area (Å²) < 4.78 is 51.2. The van der Waals surface area contributed by atoms with Gasteiger partial charge in [-0.2, -0.15) is 0 Å². The fraction of sp³-hybridized carbons (Fsp3) is 0.982. The minimum Gasteiger partial charge on any atom is -0.462 e. The molecule has 0 aromatic carbocycles. The fourth-order valence-electron chi connectivity index (χ4n) is 14.5. The van der Waals surface area contributed by atoms with Gasteiger partial charge in [0.2, 0.25) is 0 Å². The summed E-state index contributed by atoms with van der Waals surface area (Å²) in [5, 5.41) is 104. The molecule has 35 unspecified atom stereocenters. The monoisotopic (exact) mass is 1180 g/mol. The van der Waals surface area contributed by atoms with Gasteiger partial charge in [-0.25, -0.2) is 0 Å². The first kappa shape index (κ1) is 79.5. The third-order valence-electron chi connectivity index (χ3n) is 20.7. The topological polar surface area (TPSA) is 493 Å². The van der Waals surface area contributed by atoms with Gasteiger partial charge in [0, 0.05) is 13.5 Å². The molecule has 0 bridgehead atoms. The highest BCUT2D eigenvalue weighted by Crippen LogP contribution is 2.46. The molecular weight excluding hydrogens is 1070 g/mol. The number of aliphatic hydroxyl groups excluding tert-OH is 9. The van der Waals surface area contributed by atoms with Crippen molar-refractivity contribution in [2.75, 3.05) is 7.11 Å². The lowest BCUT2D eigenvalue weighted by atomic mass is 9.73. The van der Waals surface area contributed by atoms with Crippen LogP contribution in [-0.2, 0) is 42.7 Å². The molecule has 23 N–H and O–H groups in total. The largest absolute Gasteiger partial charge is 0.462 e. The molecule has 7 saturated carbocycles. The van der Waals surface area contributed by atoms with E-state index in [1.54, 1.807) is 7.11 Å². The van der Waals surface area contributed by atoms with Gasteiger partial charge < -0.3 is 122 Å². The molecule has 7 rings (SSSR count). The van der Waals surface area contributed by atoms with Crippen LogP contribution >= 0.6 is 0 Å². The van der Waals surface area contributed by atoms with Crippen molar-refractivity contribution in [2.24, 2.45) is 71.0 Å². The minimum atomic E-state index is -1.65. The number of rotatable bonds is 15. The normalized spacial score (nSPS) is 50.8. The van der Waals surface area contributed by atoms with Gasteiger partial charge in [0.1, 0.15) is 61.0 Å². The van der Waals surface area contributed by atoms with Gasteiger partial charge in [0.05, 0.1) is 79.4 Å². The lowest BCUT2D eigenvalue weighted by molar-refractivity contribution is -0.275. The molecule has 0 aromatic heterocycles. The van der Waals surface area contributed by atoms with E-state index in [1.807, 2.05) is 27.7 Å². The molecule has 35 atom stereocenters. The van der Waals surface area contributed by atoms with Crippen LogP contribution in [0.3, 0.4) is 0 Å². The standard InChI is InChI=1S/C56H98O18.7H2O/c1-22-15-35(44(61)51(67-13)29(22)8)70-52-30(9)23(2)16-36(45(52)62)71-53-31(10)24(3)17-37(46(53)63)72-54-32(11)25(4)18-38(47(54)64)73-55-33(12)26(5)19-39(48(55)65)74-56-41(58)27(6)14-28(7)50(56)69-40-20-34(68-21-57)42(59)49(66)43(40)60;;;;;;;/h21-56,58-66H,14-20H2,1-13H3;7*1H2. The van der Waals surface area contributed by atoms with E-state index < -0.39 is 134 Å². The average molecular weight is 1190 g/mol. The first-order valence-electron chi connectivity index (χ1n) is 28.5. The zero-order valence-corrected chi connectivity index (χ0v) is 49.9. The number of hydrogen-bond acceptors (Lipinski definition) is 18. The van der Waals surface area contributed by atoms with Crippen LogP contribution in [0.5, 0.6) is 0 Å². The Labute approximate surface area is 478 Å². The van der Waals surface area contributed by atoms with Crippen molar-refractivity contribution in [3.63, 3.8) is 0 Å². The van der Waals surface area contributed by atoms with Crippen molar-refractivity contribution < 1.29 is 127 Å². The van der Waals surface area contributed by atoms with Gasteiger partial charge in [0.15, 0.2) is 0 Å². The quantitative estimate of drug-likeness (QED) is 0.0738. The van der Waals surface area contributed by atoms with Gasteiger partial charge in [-0.3, -0.25) is 4.79 Å². The van der Waals surface area contributed by atoms with E-state index in [9.17, 15) is 50.8 Å². The van der Waals surface area contributed by atoms with E-state index in [2.05, 4.69) is 55.4 Å². The van der Waals surface area contributed by atoms with Crippen LogP contribution in [0.4, 0.5) is 0 Å². The molecule has 7 fully saturated rings. The van der Waals surface area contributed by atoms with Crippen molar-refractivity contribution in [3.05, 3.63) is 0 Å². The highest BCUT2D eigenvalue weighted by molar-refractivity contribution is 5.37. The second kappa shape index (κ2) is 33.1. The third kappa shape index (κ3) is 16.4. The lowest BCUT2D eigenvalue weighted by Crippen LogP contribution is -2.62. The van der Waals surface area contributed by atoms with E-state index in [0.717, 1.165) is 0 Å². The maximum Gasteiger partial charge on any atom is 0.293 e. The molecule has 7 aliphatic rings. The Balaban J connectivity index is 0.00000914. The van der Waals surface area contributed by atoms with Crippen molar-refractivity contribution in [1.29, 1.82) is 0 Å². The average Bonchev–Trinajstić information content (AvgIpc) is 3.35. The molecule has 0 saturated heterocycles. The van der Waals surface area contributed by atoms with Gasteiger partial charge in [-0.05, 0) is 110 Å². The summed E-state index contributed by atoms with van der Waals surface area (Å²) in [6.07, 6.45) is -18.5. The molecule has 0 amide bonds. The number of carbonyl (C=O) groups is 1. The van der Waals surface area contributed by atoms with Crippen LogP contribution in [0.2, 0.25) is 0 Å². The molecule has 81 heavy (non-hydrogen) atoms. The summed E-state index contributed by atoms with van der Waals surface area (Å²) in [6, 6.07) is 0. The van der Waals surface area contributed by atoms with Gasteiger partial charge >= 0.3 is 0 Å². The minimum absolute atomic E-state index is 0. The van der Waals surface area contributed by atoms with Crippen LogP contribution in [0, 0.1) is 71.0 Å². The second-order valence-electron chi connectivity index (χ2n) is 25.5. The SMILES string of the molecule is COC1C(C)C(C)CC(OC2C(C)C(C)CC(OC3C(C)C(C)CC(OC4C(C)C(C)CC(OC5C(C)C(C)CC(OC6C(O)C(C)CC(C)C6OC6CC(OC=O)C(O)C(O)C6O)C5O)C4O)C3O)C2O)C1O.O.O.O.O.O.O.O. The van der Waals surface area contributed by atoms with Gasteiger partial charge in [-0.1, -0.05) is 83.1 Å². The molecule has 25 nitrogen and oxygen atoms in total. The summed E-state index contributed by atoms with van der Waals surface area (Å²) in [5.41, 5.74) is 0. The van der Waals surface area contributed by atoms with Crippen molar-refractivity contribution in [3.8, 4) is 0 Å². The molecule has 0 spiro atoms. The van der Waals surface area contributed by atoms with E-state index in [0.29, 0.717) is 38.5 Å². The lowest BCUT2D eigenvalue weighted by Gasteiger charge is -2.51. The Morgan fingerprint density at radius 1 is 0.272 bits per heavy atom. The summed E-state index contributed by atoms with van der Waals surface area (Å²) in [6.45, 7) is 24.8. The number of aliphatic hydroxyl groups is 9. The zero-order chi connectivity index (χ0) is 54.5. The molecular formula is C56H112O25. The number of ether oxygens (including phenoxy) is 8. The molecule has 0 aromatic rings. The maximum absolute atomic E-state index is 12.3. The molecule has 25 heteroatoms. The highest BCUT2D eigenvalue weighted by Gasteiger charge is 2.55. The van der Waals surface area contributed by atoms with Crippen molar-refractivity contribution >= 4 is 6.47 Å². The Morgan fingerprint density at radius 2 is 0.531 bits per heavy atom. The third-order valence-corrected chi connectivity index (χ3v) is 20.7. The van der Waals surface area contributed by atoms with Crippen molar-refractivity contribution in [1.82, 2.24) is 0 Å². The number of hydrogen-bond donors (Lipinski definition) is 9. The van der Waals surface area contributed by atoms with Crippen LogP contribution in [0.25, 0.3) is 0 Å². The fourth-order valence-corrected chi connectivity index (χ4v) is 14.5.